The Balaban J connectivity index is 1.99. The van der Waals surface area contributed by atoms with Crippen molar-refractivity contribution < 1.29 is 8.42 Å². The Morgan fingerprint density at radius 1 is 1.28 bits per heavy atom. The van der Waals surface area contributed by atoms with Gasteiger partial charge in [0.05, 0.1) is 5.75 Å². The molecule has 2 N–H and O–H groups in total. The van der Waals surface area contributed by atoms with Crippen LogP contribution in [0.15, 0.2) is 30.3 Å². The monoisotopic (exact) mass is 268 g/mol. The van der Waals surface area contributed by atoms with Crippen molar-refractivity contribution in [1.82, 2.24) is 4.31 Å². The van der Waals surface area contributed by atoms with Crippen molar-refractivity contribution in [2.24, 2.45) is 5.73 Å². The van der Waals surface area contributed by atoms with Gasteiger partial charge in [-0.25, -0.2) is 8.42 Å². The van der Waals surface area contributed by atoms with Crippen LogP contribution in [0.3, 0.4) is 0 Å². The Morgan fingerprint density at radius 3 is 2.67 bits per heavy atom. The van der Waals surface area contributed by atoms with Crippen molar-refractivity contribution in [3.8, 4) is 0 Å². The Bertz CT molecular complexity index is 473. The Morgan fingerprint density at radius 2 is 2.00 bits per heavy atom. The van der Waals surface area contributed by atoms with Gasteiger partial charge in [0.25, 0.3) is 0 Å². The number of hydrogen-bond donors (Lipinski definition) is 1. The topological polar surface area (TPSA) is 63.4 Å². The maximum Gasteiger partial charge on any atom is 0.214 e. The molecular weight excluding hydrogens is 248 g/mol. The van der Waals surface area contributed by atoms with Crippen LogP contribution in [0.5, 0.6) is 0 Å². The maximum absolute atomic E-state index is 12.2. The molecule has 1 aliphatic heterocycles. The van der Waals surface area contributed by atoms with E-state index >= 15 is 0 Å². The summed E-state index contributed by atoms with van der Waals surface area (Å²) in [5, 5.41) is 0. The number of hydrogen-bond acceptors (Lipinski definition) is 3. The van der Waals surface area contributed by atoms with Gasteiger partial charge < -0.3 is 5.73 Å². The molecule has 100 valence electrons. The quantitative estimate of drug-likeness (QED) is 0.866. The minimum atomic E-state index is -3.17. The van der Waals surface area contributed by atoms with Crippen LogP contribution >= 0.6 is 0 Å². The lowest BCUT2D eigenvalue weighted by Crippen LogP contribution is -2.41. The molecule has 0 amide bonds. The SMILES string of the molecule is NC[C@@H]1CCCN1S(=O)(=O)CCc1ccccc1. The second-order valence-corrected chi connectivity index (χ2v) is 6.74. The Kier molecular flexibility index (Phi) is 4.37. The van der Waals surface area contributed by atoms with Crippen molar-refractivity contribution >= 4 is 10.0 Å². The van der Waals surface area contributed by atoms with Crippen molar-refractivity contribution in [3.63, 3.8) is 0 Å². The van der Waals surface area contributed by atoms with Crippen molar-refractivity contribution in [2.45, 2.75) is 25.3 Å². The van der Waals surface area contributed by atoms with Gasteiger partial charge in [-0.1, -0.05) is 30.3 Å². The molecule has 0 spiro atoms. The largest absolute Gasteiger partial charge is 0.329 e. The zero-order valence-corrected chi connectivity index (χ0v) is 11.3. The molecule has 5 heteroatoms. The molecule has 0 aliphatic carbocycles. The summed E-state index contributed by atoms with van der Waals surface area (Å²) in [5.74, 6) is 0.174. The van der Waals surface area contributed by atoms with E-state index in [9.17, 15) is 8.42 Å². The number of benzene rings is 1. The van der Waals surface area contributed by atoms with Gasteiger partial charge in [0, 0.05) is 19.1 Å². The first kappa shape index (κ1) is 13.5. The Labute approximate surface area is 109 Å². The minimum absolute atomic E-state index is 0.00535. The van der Waals surface area contributed by atoms with Gasteiger partial charge in [-0.2, -0.15) is 4.31 Å². The molecule has 0 radical (unpaired) electrons. The third-order valence-corrected chi connectivity index (χ3v) is 5.36. The summed E-state index contributed by atoms with van der Waals surface area (Å²) in [6.07, 6.45) is 2.38. The fourth-order valence-corrected chi connectivity index (χ4v) is 4.20. The van der Waals surface area contributed by atoms with E-state index in [0.29, 0.717) is 19.5 Å². The van der Waals surface area contributed by atoms with E-state index in [-0.39, 0.29) is 11.8 Å². The lowest BCUT2D eigenvalue weighted by molar-refractivity contribution is 0.393. The molecule has 1 heterocycles. The molecule has 0 unspecified atom stereocenters. The van der Waals surface area contributed by atoms with Crippen molar-refractivity contribution in [1.29, 1.82) is 0 Å². The second kappa shape index (κ2) is 5.82. The summed E-state index contributed by atoms with van der Waals surface area (Å²) >= 11 is 0. The highest BCUT2D eigenvalue weighted by molar-refractivity contribution is 7.89. The van der Waals surface area contributed by atoms with Gasteiger partial charge in [-0.15, -0.1) is 0 Å². The average molecular weight is 268 g/mol. The number of sulfonamides is 1. The summed E-state index contributed by atoms with van der Waals surface area (Å²) in [6.45, 7) is 1.05. The van der Waals surface area contributed by atoms with Crippen LogP contribution in [-0.4, -0.2) is 37.6 Å². The van der Waals surface area contributed by atoms with Crippen LogP contribution in [0.2, 0.25) is 0 Å². The van der Waals surface area contributed by atoms with E-state index in [4.69, 9.17) is 5.73 Å². The second-order valence-electron chi connectivity index (χ2n) is 4.69. The third kappa shape index (κ3) is 3.10. The van der Waals surface area contributed by atoms with E-state index < -0.39 is 10.0 Å². The molecule has 1 saturated heterocycles. The summed E-state index contributed by atoms with van der Waals surface area (Å²) in [5.41, 5.74) is 6.68. The molecule has 1 aliphatic rings. The van der Waals surface area contributed by atoms with Gasteiger partial charge in [0.15, 0.2) is 0 Å². The van der Waals surface area contributed by atoms with E-state index in [1.165, 1.54) is 0 Å². The van der Waals surface area contributed by atoms with Crippen LogP contribution in [0, 0.1) is 0 Å². The highest BCUT2D eigenvalue weighted by Crippen LogP contribution is 2.21. The lowest BCUT2D eigenvalue weighted by Gasteiger charge is -2.22. The normalized spacial score (nSPS) is 21.3. The average Bonchev–Trinajstić information content (AvgIpc) is 2.87. The lowest BCUT2D eigenvalue weighted by atomic mass is 10.2. The van der Waals surface area contributed by atoms with Crippen LogP contribution in [0.1, 0.15) is 18.4 Å². The summed E-state index contributed by atoms with van der Waals surface area (Å²) < 4.78 is 26.1. The van der Waals surface area contributed by atoms with E-state index in [0.717, 1.165) is 18.4 Å². The standard InChI is InChI=1S/C13H20N2O2S/c14-11-13-7-4-9-15(13)18(16,17)10-8-12-5-2-1-3-6-12/h1-3,5-6,13H,4,7-11,14H2/t13-/m0/s1. The zero-order valence-electron chi connectivity index (χ0n) is 10.5. The molecule has 0 saturated carbocycles. The zero-order chi connectivity index (χ0) is 13.0. The molecule has 0 bridgehead atoms. The summed E-state index contributed by atoms with van der Waals surface area (Å²) in [7, 11) is -3.17. The highest BCUT2D eigenvalue weighted by atomic mass is 32.2. The summed E-state index contributed by atoms with van der Waals surface area (Å²) in [4.78, 5) is 0. The van der Waals surface area contributed by atoms with E-state index in [1.54, 1.807) is 4.31 Å². The number of aryl methyl sites for hydroxylation is 1. The maximum atomic E-state index is 12.2. The first-order valence-electron chi connectivity index (χ1n) is 6.37. The smallest absolute Gasteiger partial charge is 0.214 e. The van der Waals surface area contributed by atoms with E-state index in [2.05, 4.69) is 0 Å². The first-order chi connectivity index (χ1) is 8.63. The molecule has 2 rings (SSSR count). The van der Waals surface area contributed by atoms with Crippen LogP contribution in [0.4, 0.5) is 0 Å². The molecule has 1 aromatic rings. The molecule has 1 atom stereocenters. The number of nitrogens with zero attached hydrogens (tertiary/aromatic N) is 1. The van der Waals surface area contributed by atoms with Crippen LogP contribution in [0.25, 0.3) is 0 Å². The van der Waals surface area contributed by atoms with Gasteiger partial charge in [-0.3, -0.25) is 0 Å². The van der Waals surface area contributed by atoms with Crippen molar-refractivity contribution in [2.75, 3.05) is 18.8 Å². The fourth-order valence-electron chi connectivity index (χ4n) is 2.42. The number of nitrogens with two attached hydrogens (primary N) is 1. The van der Waals surface area contributed by atoms with Gasteiger partial charge in [0.1, 0.15) is 0 Å². The predicted molar refractivity (Wildman–Crippen MR) is 72.7 cm³/mol. The number of rotatable bonds is 5. The van der Waals surface area contributed by atoms with E-state index in [1.807, 2.05) is 30.3 Å². The summed E-state index contributed by atoms with van der Waals surface area (Å²) in [6, 6.07) is 9.72. The molecular formula is C13H20N2O2S. The molecule has 1 fully saturated rings. The molecule has 0 aromatic heterocycles. The minimum Gasteiger partial charge on any atom is -0.329 e. The molecule has 4 nitrogen and oxygen atoms in total. The van der Waals surface area contributed by atoms with Crippen molar-refractivity contribution in [3.05, 3.63) is 35.9 Å². The first-order valence-corrected chi connectivity index (χ1v) is 7.98. The fraction of sp³-hybridized carbons (Fsp3) is 0.538. The van der Waals surface area contributed by atoms with Gasteiger partial charge >= 0.3 is 0 Å². The highest BCUT2D eigenvalue weighted by Gasteiger charge is 2.32. The molecule has 1 aromatic carbocycles. The van der Waals surface area contributed by atoms with Gasteiger partial charge in [0.2, 0.25) is 10.0 Å². The van der Waals surface area contributed by atoms with Crippen LogP contribution in [-0.2, 0) is 16.4 Å². The van der Waals surface area contributed by atoms with Gasteiger partial charge in [-0.05, 0) is 24.8 Å². The third-order valence-electron chi connectivity index (χ3n) is 3.44. The predicted octanol–water partition coefficient (Wildman–Crippen LogP) is 0.982. The molecule has 18 heavy (non-hydrogen) atoms. The Hall–Kier alpha value is -0.910. The van der Waals surface area contributed by atoms with Crippen LogP contribution < -0.4 is 5.73 Å².